The van der Waals surface area contributed by atoms with Gasteiger partial charge in [0.1, 0.15) is 5.60 Å². The van der Waals surface area contributed by atoms with Crippen LogP contribution in [0, 0.1) is 6.92 Å². The zero-order chi connectivity index (χ0) is 13.5. The fourth-order valence-corrected chi connectivity index (χ4v) is 3.15. The molecule has 0 radical (unpaired) electrons. The summed E-state index contributed by atoms with van der Waals surface area (Å²) in [6, 6.07) is 5.81. The van der Waals surface area contributed by atoms with Crippen molar-refractivity contribution in [3.8, 4) is 0 Å². The second-order valence-electron chi connectivity index (χ2n) is 5.51. The van der Waals surface area contributed by atoms with Crippen molar-refractivity contribution < 1.29 is 14.3 Å². The Hall–Kier alpha value is -1.39. The monoisotopic (exact) mass is 261 g/mol. The summed E-state index contributed by atoms with van der Waals surface area (Å²) in [5.41, 5.74) is 2.36. The molecule has 1 aromatic carbocycles. The van der Waals surface area contributed by atoms with Crippen molar-refractivity contribution in [1.29, 1.82) is 0 Å². The molecule has 2 heterocycles. The lowest BCUT2D eigenvalue weighted by molar-refractivity contribution is -0.0377. The first-order valence-electron chi connectivity index (χ1n) is 6.74. The zero-order valence-corrected chi connectivity index (χ0v) is 11.4. The van der Waals surface area contributed by atoms with Gasteiger partial charge in [-0.3, -0.25) is 4.90 Å². The predicted octanol–water partition coefficient (Wildman–Crippen LogP) is 1.71. The summed E-state index contributed by atoms with van der Waals surface area (Å²) in [5.74, 6) is -0.200. The minimum absolute atomic E-state index is 0.200. The number of benzene rings is 1. The molecule has 3 rings (SSSR count). The Balaban J connectivity index is 1.91. The van der Waals surface area contributed by atoms with Crippen LogP contribution in [0.2, 0.25) is 0 Å². The number of hydrogen-bond acceptors (Lipinski definition) is 4. The third-order valence-corrected chi connectivity index (χ3v) is 3.97. The fourth-order valence-electron chi connectivity index (χ4n) is 3.15. The highest BCUT2D eigenvalue weighted by Gasteiger charge is 2.43. The van der Waals surface area contributed by atoms with Gasteiger partial charge in [-0.05, 0) is 25.5 Å². The van der Waals surface area contributed by atoms with Gasteiger partial charge in [0.05, 0.1) is 18.8 Å². The first kappa shape index (κ1) is 12.6. The number of ether oxygens (including phenoxy) is 2. The molecule has 1 saturated heterocycles. The van der Waals surface area contributed by atoms with Crippen molar-refractivity contribution in [2.75, 3.05) is 32.8 Å². The minimum atomic E-state index is -0.533. The summed E-state index contributed by atoms with van der Waals surface area (Å²) in [5, 5.41) is 0. The summed E-state index contributed by atoms with van der Waals surface area (Å²) < 4.78 is 11.0. The maximum atomic E-state index is 12.0. The van der Waals surface area contributed by atoms with E-state index in [4.69, 9.17) is 9.47 Å². The molecule has 4 heteroatoms. The van der Waals surface area contributed by atoms with Crippen molar-refractivity contribution in [2.45, 2.75) is 19.4 Å². The van der Waals surface area contributed by atoms with Gasteiger partial charge in [-0.15, -0.1) is 0 Å². The van der Waals surface area contributed by atoms with Crippen molar-refractivity contribution in [3.63, 3.8) is 0 Å². The van der Waals surface area contributed by atoms with Gasteiger partial charge < -0.3 is 9.47 Å². The van der Waals surface area contributed by atoms with Crippen LogP contribution in [-0.4, -0.2) is 43.7 Å². The van der Waals surface area contributed by atoms with Crippen LogP contribution in [0.15, 0.2) is 18.2 Å². The molecule has 0 bridgehead atoms. The van der Waals surface area contributed by atoms with Crippen LogP contribution in [0.4, 0.5) is 0 Å². The zero-order valence-electron chi connectivity index (χ0n) is 11.4. The number of esters is 1. The number of hydrogen-bond donors (Lipinski definition) is 0. The van der Waals surface area contributed by atoms with Crippen molar-refractivity contribution in [1.82, 2.24) is 4.90 Å². The van der Waals surface area contributed by atoms with Gasteiger partial charge in [-0.2, -0.15) is 0 Å². The smallest absolute Gasteiger partial charge is 0.339 e. The molecule has 1 atom stereocenters. The van der Waals surface area contributed by atoms with Crippen LogP contribution in [0.3, 0.4) is 0 Å². The second-order valence-corrected chi connectivity index (χ2v) is 5.51. The molecule has 0 amide bonds. The lowest BCUT2D eigenvalue weighted by atomic mass is 9.89. The SMILES string of the molecule is Cc1cccc2c1[C@@](C)(CN1CCOCC1)OC2=O. The van der Waals surface area contributed by atoms with E-state index in [9.17, 15) is 4.79 Å². The maximum Gasteiger partial charge on any atom is 0.339 e. The van der Waals surface area contributed by atoms with Gasteiger partial charge >= 0.3 is 5.97 Å². The topological polar surface area (TPSA) is 38.8 Å². The molecule has 2 aliphatic heterocycles. The molecule has 19 heavy (non-hydrogen) atoms. The number of rotatable bonds is 2. The van der Waals surface area contributed by atoms with Crippen molar-refractivity contribution in [2.24, 2.45) is 0 Å². The van der Waals surface area contributed by atoms with E-state index in [1.165, 1.54) is 0 Å². The number of cyclic esters (lactones) is 1. The lowest BCUT2D eigenvalue weighted by Gasteiger charge is -2.34. The van der Waals surface area contributed by atoms with Gasteiger partial charge in [-0.1, -0.05) is 12.1 Å². The highest BCUT2D eigenvalue weighted by atomic mass is 16.6. The molecule has 0 N–H and O–H groups in total. The van der Waals surface area contributed by atoms with E-state index in [-0.39, 0.29) is 5.97 Å². The van der Waals surface area contributed by atoms with E-state index < -0.39 is 5.60 Å². The molecule has 4 nitrogen and oxygen atoms in total. The normalized spacial score (nSPS) is 27.2. The van der Waals surface area contributed by atoms with E-state index in [2.05, 4.69) is 4.90 Å². The van der Waals surface area contributed by atoms with E-state index in [0.29, 0.717) is 0 Å². The summed E-state index contributed by atoms with van der Waals surface area (Å²) in [7, 11) is 0. The quantitative estimate of drug-likeness (QED) is 0.760. The van der Waals surface area contributed by atoms with Crippen molar-refractivity contribution >= 4 is 5.97 Å². The molecule has 1 fully saturated rings. The van der Waals surface area contributed by atoms with E-state index >= 15 is 0 Å². The third kappa shape index (κ3) is 2.15. The minimum Gasteiger partial charge on any atom is -0.449 e. The fraction of sp³-hybridized carbons (Fsp3) is 0.533. The maximum absolute atomic E-state index is 12.0. The number of morpholine rings is 1. The first-order chi connectivity index (χ1) is 9.10. The summed E-state index contributed by atoms with van der Waals surface area (Å²) in [6.45, 7) is 8.09. The number of aryl methyl sites for hydroxylation is 1. The van der Waals surface area contributed by atoms with Gasteiger partial charge in [0.25, 0.3) is 0 Å². The molecular weight excluding hydrogens is 242 g/mol. The van der Waals surface area contributed by atoms with E-state index in [1.807, 2.05) is 32.0 Å². The van der Waals surface area contributed by atoms with Crippen LogP contribution in [0.25, 0.3) is 0 Å². The molecule has 0 aromatic heterocycles. The Bertz CT molecular complexity index is 508. The molecule has 0 spiro atoms. The van der Waals surface area contributed by atoms with Gasteiger partial charge in [0.2, 0.25) is 0 Å². The molecule has 0 aliphatic carbocycles. The van der Waals surface area contributed by atoms with Crippen LogP contribution in [0.1, 0.15) is 28.4 Å². The highest BCUT2D eigenvalue weighted by molar-refractivity contribution is 5.95. The molecule has 0 unspecified atom stereocenters. The Labute approximate surface area is 113 Å². The molecular formula is C15H19NO3. The first-order valence-corrected chi connectivity index (χ1v) is 6.74. The second kappa shape index (κ2) is 4.62. The van der Waals surface area contributed by atoms with Crippen LogP contribution in [-0.2, 0) is 15.1 Å². The van der Waals surface area contributed by atoms with Gasteiger partial charge in [0.15, 0.2) is 0 Å². The average Bonchev–Trinajstić information content (AvgIpc) is 2.63. The molecule has 1 aromatic rings. The Morgan fingerprint density at radius 2 is 2.05 bits per heavy atom. The highest BCUT2D eigenvalue weighted by Crippen LogP contribution is 2.39. The molecule has 2 aliphatic rings. The Morgan fingerprint density at radius 3 is 2.79 bits per heavy atom. The largest absolute Gasteiger partial charge is 0.449 e. The number of fused-ring (bicyclic) bond motifs is 1. The van der Waals surface area contributed by atoms with Crippen LogP contribution in [0.5, 0.6) is 0 Å². The summed E-state index contributed by atoms with van der Waals surface area (Å²) >= 11 is 0. The molecule has 102 valence electrons. The standard InChI is InChI=1S/C15H19NO3/c1-11-4-3-5-12-13(11)15(2,19-14(12)17)10-16-6-8-18-9-7-16/h3-5H,6-10H2,1-2H3/t15-/m1/s1. The number of carbonyl (C=O) groups is 1. The van der Waals surface area contributed by atoms with Crippen LogP contribution < -0.4 is 0 Å². The number of nitrogens with zero attached hydrogens (tertiary/aromatic N) is 1. The third-order valence-electron chi connectivity index (χ3n) is 3.97. The molecule has 0 saturated carbocycles. The van der Waals surface area contributed by atoms with Crippen molar-refractivity contribution in [3.05, 3.63) is 34.9 Å². The average molecular weight is 261 g/mol. The van der Waals surface area contributed by atoms with E-state index in [0.717, 1.165) is 49.5 Å². The summed E-state index contributed by atoms with van der Waals surface area (Å²) in [4.78, 5) is 14.3. The lowest BCUT2D eigenvalue weighted by Crippen LogP contribution is -2.45. The summed E-state index contributed by atoms with van der Waals surface area (Å²) in [6.07, 6.45) is 0. The predicted molar refractivity (Wildman–Crippen MR) is 71.2 cm³/mol. The van der Waals surface area contributed by atoms with E-state index in [1.54, 1.807) is 0 Å². The van der Waals surface area contributed by atoms with Gasteiger partial charge in [-0.25, -0.2) is 4.79 Å². The van der Waals surface area contributed by atoms with Gasteiger partial charge in [0, 0.05) is 25.2 Å². The Kier molecular flexibility index (Phi) is 3.07. The van der Waals surface area contributed by atoms with Crippen LogP contribution >= 0.6 is 0 Å². The number of carbonyl (C=O) groups excluding carboxylic acids is 1. The Morgan fingerprint density at radius 1 is 1.32 bits per heavy atom.